The Bertz CT molecular complexity index is 565. The molecule has 4 unspecified atom stereocenters. The van der Waals surface area contributed by atoms with E-state index in [9.17, 15) is 18.0 Å². The molecule has 0 bridgehead atoms. The lowest BCUT2D eigenvalue weighted by Crippen LogP contribution is -2.23. The third kappa shape index (κ3) is 3.44. The summed E-state index contributed by atoms with van der Waals surface area (Å²) in [5, 5.41) is -0.622. The molecule has 1 saturated heterocycles. The van der Waals surface area contributed by atoms with Crippen LogP contribution in [0.15, 0.2) is 12.2 Å². The first-order valence-electron chi connectivity index (χ1n) is 6.65. The van der Waals surface area contributed by atoms with Gasteiger partial charge in [0.05, 0.1) is 11.4 Å². The molecule has 0 aromatic rings. The van der Waals surface area contributed by atoms with Crippen molar-refractivity contribution in [1.29, 1.82) is 0 Å². The lowest BCUT2D eigenvalue weighted by molar-refractivity contribution is -0.160. The van der Waals surface area contributed by atoms with Crippen LogP contribution in [0.3, 0.4) is 0 Å². The summed E-state index contributed by atoms with van der Waals surface area (Å²) in [7, 11) is -3.57. The lowest BCUT2D eigenvalue weighted by Gasteiger charge is -2.14. The molecule has 1 aliphatic carbocycles. The summed E-state index contributed by atoms with van der Waals surface area (Å²) in [4.78, 5) is 22.7. The molecule has 0 N–H and O–H groups in total. The number of carbonyl (C=O) groups excluding carboxylic acids is 2. The molecule has 21 heavy (non-hydrogen) atoms. The van der Waals surface area contributed by atoms with Crippen LogP contribution in [0.5, 0.6) is 0 Å². The fourth-order valence-corrected chi connectivity index (χ4v) is 4.65. The van der Waals surface area contributed by atoms with Gasteiger partial charge in [-0.05, 0) is 20.3 Å². The zero-order chi connectivity index (χ0) is 15.8. The first-order chi connectivity index (χ1) is 9.70. The van der Waals surface area contributed by atoms with E-state index in [2.05, 4.69) is 11.3 Å². The minimum absolute atomic E-state index is 0.161. The molecule has 118 valence electrons. The zero-order valence-corrected chi connectivity index (χ0v) is 12.7. The van der Waals surface area contributed by atoms with E-state index in [1.807, 2.05) is 0 Å². The van der Waals surface area contributed by atoms with Gasteiger partial charge in [-0.15, -0.1) is 0 Å². The van der Waals surface area contributed by atoms with Gasteiger partial charge in [-0.25, -0.2) is 9.59 Å². The maximum absolute atomic E-state index is 11.7. The predicted molar refractivity (Wildman–Crippen MR) is 71.6 cm³/mol. The van der Waals surface area contributed by atoms with Crippen LogP contribution in [0.25, 0.3) is 0 Å². The molecule has 1 heterocycles. The van der Waals surface area contributed by atoms with Gasteiger partial charge in [0.1, 0.15) is 6.10 Å². The Kier molecular flexibility index (Phi) is 4.38. The standard InChI is InChI=1S/C13H18O7S/c1-7(2)13(15)18-6-12(14)19-9-4-10-8(3)20-21(16,17)11(10)5-9/h8-11H,1,4-6H2,2-3H3. The highest BCUT2D eigenvalue weighted by Gasteiger charge is 2.53. The highest BCUT2D eigenvalue weighted by atomic mass is 32.2. The van der Waals surface area contributed by atoms with Gasteiger partial charge in [0.2, 0.25) is 0 Å². The summed E-state index contributed by atoms with van der Waals surface area (Å²) in [6.45, 7) is 6.05. The number of fused-ring (bicyclic) bond motifs is 1. The number of carbonyl (C=O) groups is 2. The molecule has 0 spiro atoms. The van der Waals surface area contributed by atoms with Gasteiger partial charge in [-0.3, -0.25) is 4.18 Å². The van der Waals surface area contributed by atoms with E-state index in [4.69, 9.17) is 8.92 Å². The van der Waals surface area contributed by atoms with Crippen LogP contribution in [0.1, 0.15) is 26.7 Å². The fourth-order valence-electron chi connectivity index (χ4n) is 2.73. The Hall–Kier alpha value is -1.41. The molecule has 0 aromatic carbocycles. The van der Waals surface area contributed by atoms with E-state index < -0.39 is 46.1 Å². The van der Waals surface area contributed by atoms with Crippen molar-refractivity contribution in [2.24, 2.45) is 5.92 Å². The van der Waals surface area contributed by atoms with Gasteiger partial charge >= 0.3 is 11.9 Å². The van der Waals surface area contributed by atoms with E-state index in [0.717, 1.165) is 0 Å². The summed E-state index contributed by atoms with van der Waals surface area (Å²) in [5.74, 6) is -1.52. The van der Waals surface area contributed by atoms with Crippen LogP contribution >= 0.6 is 0 Å². The van der Waals surface area contributed by atoms with Crippen molar-refractivity contribution in [2.75, 3.05) is 6.61 Å². The molecule has 7 nitrogen and oxygen atoms in total. The van der Waals surface area contributed by atoms with Gasteiger partial charge < -0.3 is 9.47 Å². The van der Waals surface area contributed by atoms with Crippen LogP contribution < -0.4 is 0 Å². The highest BCUT2D eigenvalue weighted by Crippen LogP contribution is 2.42. The Labute approximate surface area is 123 Å². The minimum atomic E-state index is -3.57. The van der Waals surface area contributed by atoms with Gasteiger partial charge in [0.15, 0.2) is 6.61 Å². The molecule has 0 amide bonds. The molecular formula is C13H18O7S. The van der Waals surface area contributed by atoms with Gasteiger partial charge in [0, 0.05) is 17.9 Å². The van der Waals surface area contributed by atoms with Crippen molar-refractivity contribution >= 4 is 22.1 Å². The Morgan fingerprint density at radius 3 is 2.57 bits per heavy atom. The molecular weight excluding hydrogens is 300 g/mol. The number of esters is 2. The van der Waals surface area contributed by atoms with Crippen molar-refractivity contribution in [3.05, 3.63) is 12.2 Å². The maximum Gasteiger partial charge on any atom is 0.344 e. The molecule has 0 radical (unpaired) electrons. The normalized spacial score (nSPS) is 33.2. The fraction of sp³-hybridized carbons (Fsp3) is 0.692. The van der Waals surface area contributed by atoms with Gasteiger partial charge in [0.25, 0.3) is 10.1 Å². The number of hydrogen-bond donors (Lipinski definition) is 0. The topological polar surface area (TPSA) is 96.0 Å². The molecule has 1 saturated carbocycles. The first kappa shape index (κ1) is 16.0. The average molecular weight is 318 g/mol. The molecule has 8 heteroatoms. The van der Waals surface area contributed by atoms with Crippen LogP contribution in [0.4, 0.5) is 0 Å². The second-order valence-electron chi connectivity index (χ2n) is 5.44. The third-order valence-electron chi connectivity index (χ3n) is 3.74. The monoisotopic (exact) mass is 318 g/mol. The van der Waals surface area contributed by atoms with E-state index in [0.29, 0.717) is 6.42 Å². The second-order valence-corrected chi connectivity index (χ2v) is 7.22. The van der Waals surface area contributed by atoms with E-state index >= 15 is 0 Å². The van der Waals surface area contributed by atoms with Crippen molar-refractivity contribution in [1.82, 2.24) is 0 Å². The van der Waals surface area contributed by atoms with Crippen LogP contribution in [0, 0.1) is 5.92 Å². The highest BCUT2D eigenvalue weighted by molar-refractivity contribution is 7.87. The molecule has 2 aliphatic rings. The SMILES string of the molecule is C=C(C)C(=O)OCC(=O)OC1CC2C(C)OS(=O)(=O)C2C1. The number of hydrogen-bond acceptors (Lipinski definition) is 7. The van der Waals surface area contributed by atoms with Crippen molar-refractivity contribution in [3.63, 3.8) is 0 Å². The smallest absolute Gasteiger partial charge is 0.344 e. The van der Waals surface area contributed by atoms with Crippen LogP contribution in [0.2, 0.25) is 0 Å². The molecule has 2 rings (SSSR count). The molecule has 4 atom stereocenters. The Balaban J connectivity index is 1.85. The summed E-state index contributed by atoms with van der Waals surface area (Å²) in [6, 6.07) is 0. The quantitative estimate of drug-likeness (QED) is 0.424. The van der Waals surface area contributed by atoms with Gasteiger partial charge in [-0.2, -0.15) is 8.42 Å². The van der Waals surface area contributed by atoms with Crippen LogP contribution in [-0.4, -0.2) is 44.4 Å². The van der Waals surface area contributed by atoms with Crippen molar-refractivity contribution in [2.45, 2.75) is 44.1 Å². The summed E-state index contributed by atoms with van der Waals surface area (Å²) >= 11 is 0. The van der Waals surface area contributed by atoms with E-state index in [1.54, 1.807) is 6.92 Å². The van der Waals surface area contributed by atoms with E-state index in [-0.39, 0.29) is 17.9 Å². The molecule has 1 aliphatic heterocycles. The average Bonchev–Trinajstić information content (AvgIpc) is 2.87. The predicted octanol–water partition coefficient (Wildman–Crippen LogP) is 0.545. The van der Waals surface area contributed by atoms with Crippen LogP contribution in [-0.2, 0) is 33.4 Å². The molecule has 0 aromatic heterocycles. The Morgan fingerprint density at radius 2 is 2.00 bits per heavy atom. The van der Waals surface area contributed by atoms with Gasteiger partial charge in [-0.1, -0.05) is 6.58 Å². The van der Waals surface area contributed by atoms with Crippen molar-refractivity contribution < 1.29 is 31.7 Å². The third-order valence-corrected chi connectivity index (χ3v) is 5.59. The number of rotatable bonds is 4. The zero-order valence-electron chi connectivity index (χ0n) is 11.9. The number of ether oxygens (including phenoxy) is 2. The minimum Gasteiger partial charge on any atom is -0.460 e. The Morgan fingerprint density at radius 1 is 1.33 bits per heavy atom. The first-order valence-corrected chi connectivity index (χ1v) is 8.12. The maximum atomic E-state index is 11.7. The molecule has 2 fully saturated rings. The van der Waals surface area contributed by atoms with Crippen molar-refractivity contribution in [3.8, 4) is 0 Å². The second kappa shape index (κ2) is 5.76. The summed E-state index contributed by atoms with van der Waals surface area (Å²) in [6.07, 6.45) is -0.231. The summed E-state index contributed by atoms with van der Waals surface area (Å²) < 4.78 is 38.2. The lowest BCUT2D eigenvalue weighted by atomic mass is 10.0. The summed E-state index contributed by atoms with van der Waals surface area (Å²) in [5.41, 5.74) is 0.190. The van der Waals surface area contributed by atoms with E-state index in [1.165, 1.54) is 6.92 Å². The largest absolute Gasteiger partial charge is 0.460 e.